The fourth-order valence-electron chi connectivity index (χ4n) is 3.25. The molecule has 114 valence electrons. The summed E-state index contributed by atoms with van der Waals surface area (Å²) >= 11 is 0. The van der Waals surface area contributed by atoms with Gasteiger partial charge in [0.25, 0.3) is 5.91 Å². The van der Waals surface area contributed by atoms with Crippen molar-refractivity contribution >= 4 is 5.91 Å². The standard InChI is InChI=1S/C17H30N2O/c1-4-5-12-19-16(18-11-10-13(2)3)14-8-6-7-9-15(14)17(19)20/h13,16,18H,4-12H2,1-3H3/t16-/m0/s1. The summed E-state index contributed by atoms with van der Waals surface area (Å²) in [5.41, 5.74) is 2.54. The molecule has 0 fully saturated rings. The van der Waals surface area contributed by atoms with Crippen LogP contribution < -0.4 is 5.32 Å². The van der Waals surface area contributed by atoms with Crippen LogP contribution >= 0.6 is 0 Å². The topological polar surface area (TPSA) is 32.3 Å². The van der Waals surface area contributed by atoms with E-state index in [1.807, 2.05) is 0 Å². The van der Waals surface area contributed by atoms with Crippen molar-refractivity contribution in [2.45, 2.75) is 71.9 Å². The summed E-state index contributed by atoms with van der Waals surface area (Å²) in [6, 6.07) is 0. The van der Waals surface area contributed by atoms with E-state index in [9.17, 15) is 4.79 Å². The molecule has 1 N–H and O–H groups in total. The van der Waals surface area contributed by atoms with E-state index < -0.39 is 0 Å². The normalized spacial score (nSPS) is 22.9. The molecule has 1 atom stereocenters. The van der Waals surface area contributed by atoms with Crippen molar-refractivity contribution in [3.8, 4) is 0 Å². The average molecular weight is 278 g/mol. The third-order valence-corrected chi connectivity index (χ3v) is 4.48. The third kappa shape index (κ3) is 3.43. The quantitative estimate of drug-likeness (QED) is 0.773. The second-order valence-electron chi connectivity index (χ2n) is 6.60. The molecule has 3 nitrogen and oxygen atoms in total. The minimum atomic E-state index is 0.197. The molecule has 0 saturated carbocycles. The Morgan fingerprint density at radius 1 is 1.30 bits per heavy atom. The van der Waals surface area contributed by atoms with E-state index >= 15 is 0 Å². The van der Waals surface area contributed by atoms with E-state index in [0.717, 1.165) is 44.3 Å². The maximum absolute atomic E-state index is 12.6. The van der Waals surface area contributed by atoms with E-state index in [4.69, 9.17) is 0 Å². The van der Waals surface area contributed by atoms with E-state index in [1.165, 1.54) is 24.8 Å². The fraction of sp³-hybridized carbons (Fsp3) is 0.824. The summed E-state index contributed by atoms with van der Waals surface area (Å²) in [7, 11) is 0. The van der Waals surface area contributed by atoms with Gasteiger partial charge < -0.3 is 4.90 Å². The Kier molecular flexibility index (Phi) is 5.64. The van der Waals surface area contributed by atoms with Gasteiger partial charge in [0.05, 0.1) is 0 Å². The molecule has 20 heavy (non-hydrogen) atoms. The SMILES string of the molecule is CCCCN1C(=O)C2=C(CCCC2)[C@H]1NCCC(C)C. The highest BCUT2D eigenvalue weighted by atomic mass is 16.2. The zero-order valence-corrected chi connectivity index (χ0v) is 13.4. The molecule has 1 aliphatic heterocycles. The number of carbonyl (C=O) groups is 1. The van der Waals surface area contributed by atoms with Crippen LogP contribution in [-0.4, -0.2) is 30.1 Å². The van der Waals surface area contributed by atoms with Crippen molar-refractivity contribution in [1.29, 1.82) is 0 Å². The van der Waals surface area contributed by atoms with Crippen molar-refractivity contribution in [2.24, 2.45) is 5.92 Å². The maximum atomic E-state index is 12.6. The minimum absolute atomic E-state index is 0.197. The molecule has 0 radical (unpaired) electrons. The Bertz CT molecular complexity index is 373. The zero-order chi connectivity index (χ0) is 14.5. The van der Waals surface area contributed by atoms with Gasteiger partial charge in [0, 0.05) is 12.1 Å². The number of rotatable bonds is 7. The van der Waals surface area contributed by atoms with Gasteiger partial charge in [-0.2, -0.15) is 0 Å². The van der Waals surface area contributed by atoms with Crippen LogP contribution in [0, 0.1) is 5.92 Å². The van der Waals surface area contributed by atoms with Crippen molar-refractivity contribution in [3.05, 3.63) is 11.1 Å². The van der Waals surface area contributed by atoms with Gasteiger partial charge in [0.15, 0.2) is 0 Å². The summed E-state index contributed by atoms with van der Waals surface area (Å²) in [4.78, 5) is 14.7. The van der Waals surface area contributed by atoms with Crippen LogP contribution in [0.25, 0.3) is 0 Å². The highest BCUT2D eigenvalue weighted by Gasteiger charge is 2.38. The van der Waals surface area contributed by atoms with Gasteiger partial charge >= 0.3 is 0 Å². The zero-order valence-electron chi connectivity index (χ0n) is 13.4. The number of nitrogens with zero attached hydrogens (tertiary/aromatic N) is 1. The van der Waals surface area contributed by atoms with Gasteiger partial charge in [-0.05, 0) is 56.6 Å². The molecule has 1 heterocycles. The smallest absolute Gasteiger partial charge is 0.251 e. The molecule has 0 aromatic carbocycles. The number of amides is 1. The lowest BCUT2D eigenvalue weighted by Gasteiger charge is -2.28. The molecule has 3 heteroatoms. The molecular formula is C17H30N2O. The highest BCUT2D eigenvalue weighted by molar-refractivity contribution is 5.97. The molecule has 0 saturated heterocycles. The molecular weight excluding hydrogens is 248 g/mol. The maximum Gasteiger partial charge on any atom is 0.251 e. The Labute approximate surface area is 123 Å². The molecule has 1 amide bonds. The summed E-state index contributed by atoms with van der Waals surface area (Å²) in [5, 5.41) is 3.65. The Hall–Kier alpha value is -0.830. The van der Waals surface area contributed by atoms with Crippen molar-refractivity contribution in [1.82, 2.24) is 10.2 Å². The summed E-state index contributed by atoms with van der Waals surface area (Å²) in [6.07, 6.45) is 8.17. The largest absolute Gasteiger partial charge is 0.319 e. The van der Waals surface area contributed by atoms with Crippen LogP contribution in [0.15, 0.2) is 11.1 Å². The van der Waals surface area contributed by atoms with Crippen LogP contribution in [-0.2, 0) is 4.79 Å². The molecule has 0 aromatic heterocycles. The minimum Gasteiger partial charge on any atom is -0.319 e. The van der Waals surface area contributed by atoms with E-state index in [-0.39, 0.29) is 6.17 Å². The number of nitrogens with one attached hydrogen (secondary N) is 1. The highest BCUT2D eigenvalue weighted by Crippen LogP contribution is 2.35. The van der Waals surface area contributed by atoms with Gasteiger partial charge in [0.2, 0.25) is 0 Å². The van der Waals surface area contributed by atoms with Crippen molar-refractivity contribution in [2.75, 3.05) is 13.1 Å². The second kappa shape index (κ2) is 7.26. The van der Waals surface area contributed by atoms with Crippen molar-refractivity contribution < 1.29 is 4.79 Å². The predicted molar refractivity (Wildman–Crippen MR) is 83.4 cm³/mol. The van der Waals surface area contributed by atoms with Crippen LogP contribution in [0.2, 0.25) is 0 Å². The van der Waals surface area contributed by atoms with E-state index in [1.54, 1.807) is 0 Å². The number of hydrogen-bond acceptors (Lipinski definition) is 2. The number of carbonyl (C=O) groups excluding carboxylic acids is 1. The first-order valence-corrected chi connectivity index (χ1v) is 8.41. The number of unbranched alkanes of at least 4 members (excludes halogenated alkanes) is 1. The first kappa shape index (κ1) is 15.6. The molecule has 2 aliphatic rings. The third-order valence-electron chi connectivity index (χ3n) is 4.48. The van der Waals surface area contributed by atoms with Crippen LogP contribution in [0.3, 0.4) is 0 Å². The van der Waals surface area contributed by atoms with Gasteiger partial charge in [-0.15, -0.1) is 0 Å². The molecule has 0 aromatic rings. The Morgan fingerprint density at radius 3 is 2.75 bits per heavy atom. The van der Waals surface area contributed by atoms with E-state index in [2.05, 4.69) is 31.0 Å². The predicted octanol–water partition coefficient (Wildman–Crippen LogP) is 3.46. The van der Waals surface area contributed by atoms with Gasteiger partial charge in [-0.3, -0.25) is 10.1 Å². The van der Waals surface area contributed by atoms with Gasteiger partial charge in [0.1, 0.15) is 6.17 Å². The first-order chi connectivity index (χ1) is 9.65. The van der Waals surface area contributed by atoms with Gasteiger partial charge in [-0.1, -0.05) is 27.2 Å². The Balaban J connectivity index is 2.05. The Morgan fingerprint density at radius 2 is 2.05 bits per heavy atom. The van der Waals surface area contributed by atoms with Crippen LogP contribution in [0.5, 0.6) is 0 Å². The van der Waals surface area contributed by atoms with Crippen LogP contribution in [0.1, 0.15) is 65.7 Å². The average Bonchev–Trinajstić information content (AvgIpc) is 2.70. The van der Waals surface area contributed by atoms with E-state index in [0.29, 0.717) is 11.8 Å². The number of hydrogen-bond donors (Lipinski definition) is 1. The summed E-state index contributed by atoms with van der Waals surface area (Å²) in [6.45, 7) is 8.61. The molecule has 0 unspecified atom stereocenters. The summed E-state index contributed by atoms with van der Waals surface area (Å²) < 4.78 is 0. The molecule has 1 aliphatic carbocycles. The molecule has 0 bridgehead atoms. The molecule has 2 rings (SSSR count). The lowest BCUT2D eigenvalue weighted by atomic mass is 9.92. The fourth-order valence-corrected chi connectivity index (χ4v) is 3.25. The van der Waals surface area contributed by atoms with Crippen molar-refractivity contribution in [3.63, 3.8) is 0 Å². The second-order valence-corrected chi connectivity index (χ2v) is 6.60. The van der Waals surface area contributed by atoms with Crippen LogP contribution in [0.4, 0.5) is 0 Å². The lowest BCUT2D eigenvalue weighted by Crippen LogP contribution is -2.46. The van der Waals surface area contributed by atoms with Gasteiger partial charge in [-0.25, -0.2) is 0 Å². The lowest BCUT2D eigenvalue weighted by molar-refractivity contribution is -0.127. The molecule has 0 spiro atoms. The monoisotopic (exact) mass is 278 g/mol. The first-order valence-electron chi connectivity index (χ1n) is 8.41. The summed E-state index contributed by atoms with van der Waals surface area (Å²) in [5.74, 6) is 1.03.